The molecule has 1 nitrogen and oxygen atoms in total. The van der Waals surface area contributed by atoms with Crippen molar-refractivity contribution in [2.75, 3.05) is 6.61 Å². The number of hydrogen-bond acceptors (Lipinski definition) is 1. The summed E-state index contributed by atoms with van der Waals surface area (Å²) in [5.41, 5.74) is 0. The summed E-state index contributed by atoms with van der Waals surface area (Å²) in [5, 5.41) is 0. The maximum absolute atomic E-state index is 6.26. The zero-order valence-corrected chi connectivity index (χ0v) is 13.4. The fourth-order valence-electron chi connectivity index (χ4n) is 4.50. The van der Waals surface area contributed by atoms with E-state index >= 15 is 0 Å². The number of hydrogen-bond donors (Lipinski definition) is 0. The average molecular weight is 276 g/mol. The van der Waals surface area contributed by atoms with Gasteiger partial charge in [0.1, 0.15) is 0 Å². The quantitative estimate of drug-likeness (QED) is 0.629. The Morgan fingerprint density at radius 2 is 1.25 bits per heavy atom. The number of rotatable bonds is 2. The molecule has 3 aliphatic rings. The van der Waals surface area contributed by atoms with Gasteiger partial charge in [-0.15, -0.1) is 0 Å². The van der Waals surface area contributed by atoms with Crippen molar-refractivity contribution in [2.45, 2.75) is 71.3 Å². The molecular weight excluding hydrogens is 244 g/mol. The monoisotopic (exact) mass is 276 g/mol. The molecule has 0 spiro atoms. The van der Waals surface area contributed by atoms with Crippen molar-refractivity contribution in [3.8, 4) is 0 Å². The Hall–Kier alpha value is -0.300. The van der Waals surface area contributed by atoms with Crippen LogP contribution in [0.4, 0.5) is 0 Å². The van der Waals surface area contributed by atoms with E-state index in [9.17, 15) is 0 Å². The van der Waals surface area contributed by atoms with Crippen LogP contribution in [0.5, 0.6) is 0 Å². The van der Waals surface area contributed by atoms with Gasteiger partial charge in [-0.25, -0.2) is 0 Å². The van der Waals surface area contributed by atoms with Gasteiger partial charge >= 0.3 is 0 Å². The third-order valence-corrected chi connectivity index (χ3v) is 6.22. The first-order valence-electron chi connectivity index (χ1n) is 9.02. The molecule has 2 aliphatic carbocycles. The zero-order chi connectivity index (χ0) is 13.9. The fourth-order valence-corrected chi connectivity index (χ4v) is 4.50. The molecule has 0 aromatic heterocycles. The highest BCUT2D eigenvalue weighted by Gasteiger charge is 2.31. The molecule has 2 atom stereocenters. The highest BCUT2D eigenvalue weighted by molar-refractivity contribution is 5.03. The van der Waals surface area contributed by atoms with Crippen molar-refractivity contribution in [3.63, 3.8) is 0 Å². The van der Waals surface area contributed by atoms with E-state index in [0.29, 0.717) is 12.0 Å². The van der Waals surface area contributed by atoms with Crippen LogP contribution < -0.4 is 0 Å². The SMILES string of the molecule is CC1CCC(C2C=CC(C3CCC(C)CC3)OC2)CC1. The Kier molecular flexibility index (Phi) is 4.86. The van der Waals surface area contributed by atoms with E-state index < -0.39 is 0 Å². The highest BCUT2D eigenvalue weighted by Crippen LogP contribution is 2.38. The maximum Gasteiger partial charge on any atom is 0.0784 e. The summed E-state index contributed by atoms with van der Waals surface area (Å²) in [6, 6.07) is 0. The largest absolute Gasteiger partial charge is 0.373 e. The summed E-state index contributed by atoms with van der Waals surface area (Å²) in [6.45, 7) is 5.80. The second-order valence-corrected chi connectivity index (χ2v) is 7.89. The third kappa shape index (κ3) is 3.47. The molecule has 0 aromatic carbocycles. The lowest BCUT2D eigenvalue weighted by molar-refractivity contribution is -0.00875. The van der Waals surface area contributed by atoms with E-state index in [0.717, 1.165) is 30.3 Å². The topological polar surface area (TPSA) is 9.23 Å². The van der Waals surface area contributed by atoms with Gasteiger partial charge in [0.05, 0.1) is 12.7 Å². The van der Waals surface area contributed by atoms with Gasteiger partial charge in [-0.3, -0.25) is 0 Å². The van der Waals surface area contributed by atoms with E-state index in [1.165, 1.54) is 51.4 Å². The summed E-state index contributed by atoms with van der Waals surface area (Å²) in [6.07, 6.45) is 16.6. The lowest BCUT2D eigenvalue weighted by Crippen LogP contribution is -2.33. The molecular formula is C19H32O. The Bertz CT molecular complexity index is 287. The van der Waals surface area contributed by atoms with Crippen LogP contribution in [0.25, 0.3) is 0 Å². The summed E-state index contributed by atoms with van der Waals surface area (Å²) in [4.78, 5) is 0. The van der Waals surface area contributed by atoms with E-state index in [1.54, 1.807) is 0 Å². The highest BCUT2D eigenvalue weighted by atomic mass is 16.5. The van der Waals surface area contributed by atoms with Gasteiger partial charge in [0.2, 0.25) is 0 Å². The molecule has 1 heteroatoms. The average Bonchev–Trinajstić information content (AvgIpc) is 2.49. The standard InChI is InChI=1S/C19H32O/c1-14-3-7-16(8-4-14)18-11-12-19(20-13-18)17-9-5-15(2)6-10-17/h11-12,14-19H,3-10,13H2,1-2H3. The van der Waals surface area contributed by atoms with Crippen LogP contribution in [0, 0.1) is 29.6 Å². The molecule has 2 fully saturated rings. The maximum atomic E-state index is 6.26. The van der Waals surface area contributed by atoms with Crippen molar-refractivity contribution in [3.05, 3.63) is 12.2 Å². The predicted octanol–water partition coefficient (Wildman–Crippen LogP) is 5.21. The lowest BCUT2D eigenvalue weighted by Gasteiger charge is -2.37. The van der Waals surface area contributed by atoms with Gasteiger partial charge in [0.25, 0.3) is 0 Å². The summed E-state index contributed by atoms with van der Waals surface area (Å²) in [5.74, 6) is 4.30. The van der Waals surface area contributed by atoms with Gasteiger partial charge in [0, 0.05) is 5.92 Å². The van der Waals surface area contributed by atoms with Crippen LogP contribution in [-0.4, -0.2) is 12.7 Å². The first kappa shape index (κ1) is 14.6. The molecule has 3 rings (SSSR count). The Morgan fingerprint density at radius 3 is 1.75 bits per heavy atom. The van der Waals surface area contributed by atoms with E-state index in [-0.39, 0.29) is 0 Å². The molecule has 0 saturated heterocycles. The molecule has 1 aliphatic heterocycles. The summed E-state index contributed by atoms with van der Waals surface area (Å²) >= 11 is 0. The van der Waals surface area contributed by atoms with Gasteiger partial charge < -0.3 is 4.74 Å². The lowest BCUT2D eigenvalue weighted by atomic mass is 9.75. The normalized spacial score (nSPS) is 46.3. The van der Waals surface area contributed by atoms with Crippen molar-refractivity contribution in [2.24, 2.45) is 29.6 Å². The number of ether oxygens (including phenoxy) is 1. The van der Waals surface area contributed by atoms with Crippen LogP contribution in [0.1, 0.15) is 65.2 Å². The zero-order valence-electron chi connectivity index (χ0n) is 13.4. The fraction of sp³-hybridized carbons (Fsp3) is 0.895. The van der Waals surface area contributed by atoms with Crippen LogP contribution in [0.3, 0.4) is 0 Å². The second-order valence-electron chi connectivity index (χ2n) is 7.89. The minimum absolute atomic E-state index is 0.432. The molecule has 1 heterocycles. The Morgan fingerprint density at radius 1 is 0.700 bits per heavy atom. The van der Waals surface area contributed by atoms with E-state index in [1.807, 2.05) is 0 Å². The van der Waals surface area contributed by atoms with Crippen molar-refractivity contribution in [1.82, 2.24) is 0 Å². The molecule has 0 amide bonds. The molecule has 2 saturated carbocycles. The van der Waals surface area contributed by atoms with Gasteiger partial charge in [0.15, 0.2) is 0 Å². The van der Waals surface area contributed by atoms with Crippen LogP contribution >= 0.6 is 0 Å². The first-order valence-corrected chi connectivity index (χ1v) is 9.02. The first-order chi connectivity index (χ1) is 9.72. The third-order valence-electron chi connectivity index (χ3n) is 6.22. The van der Waals surface area contributed by atoms with Crippen LogP contribution in [-0.2, 0) is 4.74 Å². The molecule has 0 N–H and O–H groups in total. The molecule has 0 radical (unpaired) electrons. The minimum Gasteiger partial charge on any atom is -0.373 e. The molecule has 20 heavy (non-hydrogen) atoms. The van der Waals surface area contributed by atoms with Crippen molar-refractivity contribution >= 4 is 0 Å². The second kappa shape index (κ2) is 6.64. The van der Waals surface area contributed by atoms with E-state index in [2.05, 4.69) is 26.0 Å². The van der Waals surface area contributed by atoms with Gasteiger partial charge in [-0.2, -0.15) is 0 Å². The van der Waals surface area contributed by atoms with Crippen LogP contribution in [0.2, 0.25) is 0 Å². The predicted molar refractivity (Wildman–Crippen MR) is 84.6 cm³/mol. The molecule has 0 aromatic rings. The summed E-state index contributed by atoms with van der Waals surface area (Å²) < 4.78 is 6.26. The van der Waals surface area contributed by atoms with E-state index in [4.69, 9.17) is 4.74 Å². The van der Waals surface area contributed by atoms with Gasteiger partial charge in [-0.05, 0) is 49.4 Å². The van der Waals surface area contributed by atoms with Crippen LogP contribution in [0.15, 0.2) is 12.2 Å². The smallest absolute Gasteiger partial charge is 0.0784 e. The van der Waals surface area contributed by atoms with Crippen molar-refractivity contribution in [1.29, 1.82) is 0 Å². The Balaban J connectivity index is 1.50. The summed E-state index contributed by atoms with van der Waals surface area (Å²) in [7, 11) is 0. The minimum atomic E-state index is 0.432. The molecule has 114 valence electrons. The molecule has 2 unspecified atom stereocenters. The van der Waals surface area contributed by atoms with Crippen molar-refractivity contribution < 1.29 is 4.74 Å². The van der Waals surface area contributed by atoms with Gasteiger partial charge in [-0.1, -0.05) is 51.7 Å². The Labute approximate surface area is 125 Å². The molecule has 0 bridgehead atoms.